The highest BCUT2D eigenvalue weighted by atomic mass is 35.5. The molecular formula is C17H24ClN3O3. The molecule has 6 nitrogen and oxygen atoms in total. The average Bonchev–Trinajstić information content (AvgIpc) is 2.52. The molecule has 0 unspecified atom stereocenters. The van der Waals surface area contributed by atoms with E-state index >= 15 is 0 Å². The third kappa shape index (κ3) is 5.47. The van der Waals surface area contributed by atoms with E-state index in [9.17, 15) is 14.7 Å². The first-order valence-corrected chi connectivity index (χ1v) is 8.37. The van der Waals surface area contributed by atoms with Crippen molar-refractivity contribution in [1.29, 1.82) is 0 Å². The van der Waals surface area contributed by atoms with Crippen molar-refractivity contribution in [3.05, 3.63) is 34.9 Å². The number of likely N-dealkylation sites (tertiary alicyclic amines) is 1. The van der Waals surface area contributed by atoms with Gasteiger partial charge >= 0.3 is 0 Å². The van der Waals surface area contributed by atoms with Crippen LogP contribution in [-0.2, 0) is 16.0 Å². The minimum atomic E-state index is -0.678. The van der Waals surface area contributed by atoms with Gasteiger partial charge in [0.05, 0.1) is 25.1 Å². The van der Waals surface area contributed by atoms with E-state index in [1.165, 1.54) is 4.90 Å². The van der Waals surface area contributed by atoms with Crippen molar-refractivity contribution in [2.45, 2.75) is 25.0 Å². The van der Waals surface area contributed by atoms with Crippen LogP contribution in [0.1, 0.15) is 12.0 Å². The number of nitrogens with one attached hydrogen (secondary N) is 1. The number of carbonyl (C=O) groups is 2. The zero-order valence-corrected chi connectivity index (χ0v) is 14.8. The largest absolute Gasteiger partial charge is 0.390 e. The maximum absolute atomic E-state index is 12.1. The van der Waals surface area contributed by atoms with Crippen molar-refractivity contribution < 1.29 is 14.7 Å². The van der Waals surface area contributed by atoms with E-state index in [0.29, 0.717) is 24.5 Å². The van der Waals surface area contributed by atoms with E-state index < -0.39 is 6.10 Å². The Balaban J connectivity index is 1.80. The fourth-order valence-corrected chi connectivity index (χ4v) is 2.81. The first kappa shape index (κ1) is 18.7. The Morgan fingerprint density at radius 2 is 2.00 bits per heavy atom. The van der Waals surface area contributed by atoms with E-state index in [-0.39, 0.29) is 30.8 Å². The van der Waals surface area contributed by atoms with Gasteiger partial charge in [-0.3, -0.25) is 14.5 Å². The first-order chi connectivity index (χ1) is 11.3. The Morgan fingerprint density at radius 3 is 2.58 bits per heavy atom. The zero-order valence-electron chi connectivity index (χ0n) is 14.0. The van der Waals surface area contributed by atoms with Gasteiger partial charge in [-0.25, -0.2) is 0 Å². The summed E-state index contributed by atoms with van der Waals surface area (Å²) in [6.07, 6.45) is 0.195. The predicted octanol–water partition coefficient (Wildman–Crippen LogP) is 0.522. The molecule has 2 rings (SSSR count). The highest BCUT2D eigenvalue weighted by molar-refractivity contribution is 6.30. The first-order valence-electron chi connectivity index (χ1n) is 7.99. The normalized spacial score (nSPS) is 21.3. The summed E-state index contributed by atoms with van der Waals surface area (Å²) in [4.78, 5) is 27.3. The Hall–Kier alpha value is -1.63. The molecule has 2 atom stereocenters. The molecule has 7 heteroatoms. The fourth-order valence-electron chi connectivity index (χ4n) is 2.69. The van der Waals surface area contributed by atoms with Crippen molar-refractivity contribution >= 4 is 23.4 Å². The smallest absolute Gasteiger partial charge is 0.236 e. The number of carbonyl (C=O) groups excluding carboxylic acids is 2. The average molecular weight is 354 g/mol. The van der Waals surface area contributed by atoms with Gasteiger partial charge in [-0.15, -0.1) is 0 Å². The lowest BCUT2D eigenvalue weighted by molar-refractivity contribution is -0.131. The van der Waals surface area contributed by atoms with Gasteiger partial charge in [-0.05, 0) is 24.1 Å². The van der Waals surface area contributed by atoms with Gasteiger partial charge in [0.15, 0.2) is 0 Å². The van der Waals surface area contributed by atoms with E-state index in [0.717, 1.165) is 5.56 Å². The standard InChI is InChI=1S/C17H24ClN3O3/c1-20(2)17(24)11-21-8-7-14(15(22)10-21)19-16(23)9-12-3-5-13(18)6-4-12/h3-6,14-15,22H,7-11H2,1-2H3,(H,19,23)/t14-,15-/m1/s1. The second-order valence-corrected chi connectivity index (χ2v) is 6.79. The van der Waals surface area contributed by atoms with E-state index in [2.05, 4.69) is 5.32 Å². The summed E-state index contributed by atoms with van der Waals surface area (Å²) in [5.74, 6) is -0.119. The van der Waals surface area contributed by atoms with Gasteiger partial charge in [0.1, 0.15) is 0 Å². The Morgan fingerprint density at radius 1 is 1.33 bits per heavy atom. The lowest BCUT2D eigenvalue weighted by Crippen LogP contribution is -2.55. The molecule has 132 valence electrons. The van der Waals surface area contributed by atoms with Gasteiger partial charge < -0.3 is 15.3 Å². The van der Waals surface area contributed by atoms with Crippen LogP contribution in [0, 0.1) is 0 Å². The topological polar surface area (TPSA) is 72.9 Å². The summed E-state index contributed by atoms with van der Waals surface area (Å²) < 4.78 is 0. The van der Waals surface area contributed by atoms with Gasteiger partial charge in [0.2, 0.25) is 11.8 Å². The number of hydrogen-bond donors (Lipinski definition) is 2. The summed E-state index contributed by atoms with van der Waals surface area (Å²) in [6.45, 7) is 1.34. The van der Waals surface area contributed by atoms with Gasteiger partial charge in [-0.1, -0.05) is 23.7 Å². The third-order valence-electron chi connectivity index (χ3n) is 4.15. The molecule has 1 fully saturated rings. The van der Waals surface area contributed by atoms with Gasteiger partial charge in [0, 0.05) is 32.2 Å². The van der Waals surface area contributed by atoms with Crippen molar-refractivity contribution in [2.75, 3.05) is 33.7 Å². The number of nitrogens with zero attached hydrogens (tertiary/aromatic N) is 2. The number of β-amino-alcohol motifs (C(OH)–C–C–N with tert-alkyl or cyclic N) is 1. The number of piperidine rings is 1. The molecule has 0 spiro atoms. The lowest BCUT2D eigenvalue weighted by atomic mass is 10.0. The van der Waals surface area contributed by atoms with Crippen LogP contribution in [0.4, 0.5) is 0 Å². The van der Waals surface area contributed by atoms with Crippen LogP contribution in [0.25, 0.3) is 0 Å². The maximum atomic E-state index is 12.1. The Kier molecular flexibility index (Phi) is 6.60. The number of likely N-dealkylation sites (N-methyl/N-ethyl adjacent to an activating group) is 1. The van der Waals surface area contributed by atoms with Crippen LogP contribution < -0.4 is 5.32 Å². The summed E-state index contributed by atoms with van der Waals surface area (Å²) in [7, 11) is 3.42. The van der Waals surface area contributed by atoms with Gasteiger partial charge in [-0.2, -0.15) is 0 Å². The van der Waals surface area contributed by atoms with E-state index in [1.807, 2.05) is 17.0 Å². The fraction of sp³-hybridized carbons (Fsp3) is 0.529. The number of halogens is 1. The van der Waals surface area contributed by atoms with Crippen molar-refractivity contribution in [3.8, 4) is 0 Å². The number of amides is 2. The van der Waals surface area contributed by atoms with E-state index in [4.69, 9.17) is 11.6 Å². The molecule has 2 N–H and O–H groups in total. The summed E-state index contributed by atoms with van der Waals surface area (Å²) in [5.41, 5.74) is 0.875. The number of benzene rings is 1. The summed E-state index contributed by atoms with van der Waals surface area (Å²) in [5, 5.41) is 13.8. The minimum absolute atomic E-state index is 0.00687. The van der Waals surface area contributed by atoms with Crippen LogP contribution in [-0.4, -0.2) is 72.6 Å². The Bertz CT molecular complexity index is 577. The third-order valence-corrected chi connectivity index (χ3v) is 4.40. The van der Waals surface area contributed by atoms with Gasteiger partial charge in [0.25, 0.3) is 0 Å². The zero-order chi connectivity index (χ0) is 17.7. The molecule has 1 aliphatic heterocycles. The van der Waals surface area contributed by atoms with Crippen molar-refractivity contribution in [3.63, 3.8) is 0 Å². The van der Waals surface area contributed by atoms with Crippen LogP contribution in [0.15, 0.2) is 24.3 Å². The molecule has 1 aliphatic rings. The molecule has 24 heavy (non-hydrogen) atoms. The Labute approximate surface area is 147 Å². The molecule has 0 saturated carbocycles. The number of rotatable bonds is 5. The molecule has 0 aromatic heterocycles. The molecule has 1 heterocycles. The van der Waals surface area contributed by atoms with Crippen LogP contribution in [0.5, 0.6) is 0 Å². The van der Waals surface area contributed by atoms with E-state index in [1.54, 1.807) is 26.2 Å². The molecule has 2 amide bonds. The van der Waals surface area contributed by atoms with Crippen LogP contribution in [0.2, 0.25) is 5.02 Å². The number of hydrogen-bond acceptors (Lipinski definition) is 4. The predicted molar refractivity (Wildman–Crippen MR) is 92.8 cm³/mol. The lowest BCUT2D eigenvalue weighted by Gasteiger charge is -2.36. The quantitative estimate of drug-likeness (QED) is 0.809. The van der Waals surface area contributed by atoms with Crippen molar-refractivity contribution in [1.82, 2.24) is 15.1 Å². The maximum Gasteiger partial charge on any atom is 0.236 e. The molecule has 1 aromatic rings. The second-order valence-electron chi connectivity index (χ2n) is 6.36. The molecule has 1 saturated heterocycles. The number of aliphatic hydroxyl groups excluding tert-OH is 1. The molecule has 1 aromatic carbocycles. The molecule has 0 radical (unpaired) electrons. The van der Waals surface area contributed by atoms with Crippen LogP contribution >= 0.6 is 11.6 Å². The highest BCUT2D eigenvalue weighted by Crippen LogP contribution is 2.13. The molecule has 0 aliphatic carbocycles. The minimum Gasteiger partial charge on any atom is -0.390 e. The molecular weight excluding hydrogens is 330 g/mol. The highest BCUT2D eigenvalue weighted by Gasteiger charge is 2.29. The summed E-state index contributed by atoms with van der Waals surface area (Å²) >= 11 is 5.83. The van der Waals surface area contributed by atoms with Crippen molar-refractivity contribution in [2.24, 2.45) is 0 Å². The second kappa shape index (κ2) is 8.46. The van der Waals surface area contributed by atoms with Crippen LogP contribution in [0.3, 0.4) is 0 Å². The number of aliphatic hydroxyl groups is 1. The SMILES string of the molecule is CN(C)C(=O)CN1CC[C@@H](NC(=O)Cc2ccc(Cl)cc2)[C@H](O)C1. The molecule has 0 bridgehead atoms. The summed E-state index contributed by atoms with van der Waals surface area (Å²) in [6, 6.07) is 6.84. The monoisotopic (exact) mass is 353 g/mol.